The Morgan fingerprint density at radius 2 is 2.15 bits per heavy atom. The maximum absolute atomic E-state index is 11.7. The van der Waals surface area contributed by atoms with Gasteiger partial charge in [0.15, 0.2) is 5.16 Å². The van der Waals surface area contributed by atoms with Crippen LogP contribution >= 0.6 is 11.8 Å². The van der Waals surface area contributed by atoms with E-state index in [1.165, 1.54) is 16.3 Å². The van der Waals surface area contributed by atoms with Crippen molar-refractivity contribution in [3.05, 3.63) is 34.2 Å². The van der Waals surface area contributed by atoms with E-state index in [4.69, 9.17) is 11.5 Å². The summed E-state index contributed by atoms with van der Waals surface area (Å²) in [7, 11) is 0. The Labute approximate surface area is 119 Å². The van der Waals surface area contributed by atoms with Gasteiger partial charge in [-0.1, -0.05) is 0 Å². The summed E-state index contributed by atoms with van der Waals surface area (Å²) in [6.45, 7) is 3.76. The number of carbonyl (C=O) groups is 1. The van der Waals surface area contributed by atoms with E-state index in [1.54, 1.807) is 18.2 Å². The summed E-state index contributed by atoms with van der Waals surface area (Å²) in [6, 6.07) is 4.71. The topological polar surface area (TPSA) is 120 Å². The Balaban J connectivity index is 2.42. The minimum Gasteiger partial charge on any atom is -0.398 e. The van der Waals surface area contributed by atoms with Crippen molar-refractivity contribution < 1.29 is 4.79 Å². The average Bonchev–Trinajstić information content (AvgIpc) is 2.73. The van der Waals surface area contributed by atoms with Crippen molar-refractivity contribution in [2.24, 2.45) is 5.73 Å². The molecule has 1 aromatic heterocycles. The van der Waals surface area contributed by atoms with Crippen LogP contribution in [0.1, 0.15) is 30.2 Å². The SMILES string of the molecule is CC(C)n1c(Sc2cc(C(N)=O)ccc2N)n[nH]c1=O. The van der Waals surface area contributed by atoms with Gasteiger partial charge in [-0.3, -0.25) is 9.36 Å². The summed E-state index contributed by atoms with van der Waals surface area (Å²) in [4.78, 5) is 23.5. The van der Waals surface area contributed by atoms with Gasteiger partial charge in [-0.25, -0.2) is 9.89 Å². The van der Waals surface area contributed by atoms with Gasteiger partial charge in [-0.15, -0.1) is 5.10 Å². The molecule has 7 nitrogen and oxygen atoms in total. The quantitative estimate of drug-likeness (QED) is 0.726. The Hall–Kier alpha value is -2.22. The number of carbonyl (C=O) groups excluding carboxylic acids is 1. The highest BCUT2D eigenvalue weighted by molar-refractivity contribution is 7.99. The van der Waals surface area contributed by atoms with Crippen LogP contribution in [0.5, 0.6) is 0 Å². The lowest BCUT2D eigenvalue weighted by Crippen LogP contribution is -2.19. The predicted octanol–water partition coefficient (Wildman–Crippen LogP) is 0.985. The lowest BCUT2D eigenvalue weighted by molar-refractivity contribution is 0.1000. The molecule has 2 aromatic rings. The number of primary amides is 1. The van der Waals surface area contributed by atoms with Crippen molar-refractivity contribution in [1.29, 1.82) is 0 Å². The van der Waals surface area contributed by atoms with Crippen molar-refractivity contribution in [3.8, 4) is 0 Å². The summed E-state index contributed by atoms with van der Waals surface area (Å²) < 4.78 is 1.51. The summed E-state index contributed by atoms with van der Waals surface area (Å²) in [5.74, 6) is -0.532. The third-order valence-electron chi connectivity index (χ3n) is 2.69. The Bertz CT molecular complexity index is 704. The molecular formula is C12H15N5O2S. The molecule has 0 spiro atoms. The fraction of sp³-hybridized carbons (Fsp3) is 0.250. The molecule has 8 heteroatoms. The van der Waals surface area contributed by atoms with Crippen LogP contribution in [0.25, 0.3) is 0 Å². The Morgan fingerprint density at radius 1 is 1.45 bits per heavy atom. The Morgan fingerprint density at radius 3 is 2.75 bits per heavy atom. The summed E-state index contributed by atoms with van der Waals surface area (Å²) in [6.07, 6.45) is 0. The van der Waals surface area contributed by atoms with E-state index in [0.717, 1.165) is 0 Å². The molecule has 0 aliphatic heterocycles. The minimum absolute atomic E-state index is 0.0377. The number of hydrogen-bond donors (Lipinski definition) is 3. The predicted molar refractivity (Wildman–Crippen MR) is 76.7 cm³/mol. The number of benzene rings is 1. The lowest BCUT2D eigenvalue weighted by Gasteiger charge is -2.10. The maximum Gasteiger partial charge on any atom is 0.344 e. The first-order chi connectivity index (χ1) is 9.40. The molecule has 2 rings (SSSR count). The van der Waals surface area contributed by atoms with Crippen molar-refractivity contribution >= 4 is 23.4 Å². The number of nitrogens with two attached hydrogens (primary N) is 2. The second-order valence-electron chi connectivity index (χ2n) is 4.49. The normalized spacial score (nSPS) is 10.9. The fourth-order valence-electron chi connectivity index (χ4n) is 1.69. The summed E-state index contributed by atoms with van der Waals surface area (Å²) in [5, 5.41) is 6.85. The number of nitrogens with zero attached hydrogens (tertiary/aromatic N) is 2. The van der Waals surface area contributed by atoms with Gasteiger partial charge in [-0.05, 0) is 43.8 Å². The number of hydrogen-bond acceptors (Lipinski definition) is 5. The number of nitrogen functional groups attached to an aromatic ring is 1. The molecule has 5 N–H and O–H groups in total. The molecule has 0 aliphatic carbocycles. The van der Waals surface area contributed by atoms with Gasteiger partial charge >= 0.3 is 5.69 Å². The molecule has 0 saturated heterocycles. The molecule has 0 bridgehead atoms. The zero-order valence-electron chi connectivity index (χ0n) is 11.1. The van der Waals surface area contributed by atoms with Crippen LogP contribution in [0.15, 0.2) is 33.0 Å². The number of nitrogens with one attached hydrogen (secondary N) is 1. The van der Waals surface area contributed by atoms with Gasteiger partial charge in [-0.2, -0.15) is 0 Å². The van der Waals surface area contributed by atoms with Crippen LogP contribution in [-0.4, -0.2) is 20.7 Å². The monoisotopic (exact) mass is 293 g/mol. The molecule has 20 heavy (non-hydrogen) atoms. The summed E-state index contributed by atoms with van der Waals surface area (Å²) >= 11 is 1.21. The fourth-order valence-corrected chi connectivity index (χ4v) is 2.74. The molecule has 106 valence electrons. The van der Waals surface area contributed by atoms with Crippen LogP contribution < -0.4 is 17.2 Å². The molecule has 0 unspecified atom stereocenters. The van der Waals surface area contributed by atoms with Gasteiger partial charge in [0.05, 0.1) is 0 Å². The molecule has 1 heterocycles. The summed E-state index contributed by atoms with van der Waals surface area (Å²) in [5.41, 5.74) is 11.7. The first-order valence-electron chi connectivity index (χ1n) is 5.94. The number of aromatic amines is 1. The van der Waals surface area contributed by atoms with E-state index in [-0.39, 0.29) is 11.7 Å². The number of aromatic nitrogens is 3. The van der Waals surface area contributed by atoms with Gasteiger partial charge < -0.3 is 11.5 Å². The van der Waals surface area contributed by atoms with Crippen LogP contribution in [0.2, 0.25) is 0 Å². The third-order valence-corrected chi connectivity index (χ3v) is 3.73. The number of H-pyrrole nitrogens is 1. The van der Waals surface area contributed by atoms with Crippen molar-refractivity contribution in [1.82, 2.24) is 14.8 Å². The van der Waals surface area contributed by atoms with Gasteiger partial charge in [0.25, 0.3) is 0 Å². The van der Waals surface area contributed by atoms with Crippen LogP contribution in [0.4, 0.5) is 5.69 Å². The molecule has 0 atom stereocenters. The minimum atomic E-state index is -0.532. The highest BCUT2D eigenvalue weighted by atomic mass is 32.2. The molecule has 1 amide bonds. The van der Waals surface area contributed by atoms with E-state index in [0.29, 0.717) is 21.3 Å². The third kappa shape index (κ3) is 2.69. The van der Waals surface area contributed by atoms with Gasteiger partial charge in [0, 0.05) is 22.2 Å². The van der Waals surface area contributed by atoms with Crippen molar-refractivity contribution in [2.45, 2.75) is 29.9 Å². The van der Waals surface area contributed by atoms with Crippen molar-refractivity contribution in [3.63, 3.8) is 0 Å². The standard InChI is InChI=1S/C12H15N5O2S/c1-6(2)17-11(19)15-16-12(17)20-9-5-7(10(14)18)3-4-8(9)13/h3-6H,13H2,1-2H3,(H2,14,18)(H,15,19). The second kappa shape index (κ2) is 5.41. The first kappa shape index (κ1) is 14.2. The van der Waals surface area contributed by atoms with Gasteiger partial charge in [0.1, 0.15) is 0 Å². The zero-order chi connectivity index (χ0) is 14.9. The highest BCUT2D eigenvalue weighted by Gasteiger charge is 2.15. The largest absolute Gasteiger partial charge is 0.398 e. The second-order valence-corrected chi connectivity index (χ2v) is 5.50. The smallest absolute Gasteiger partial charge is 0.344 e. The number of anilines is 1. The van der Waals surface area contributed by atoms with Crippen molar-refractivity contribution in [2.75, 3.05) is 5.73 Å². The van der Waals surface area contributed by atoms with Crippen LogP contribution in [0.3, 0.4) is 0 Å². The molecule has 1 aromatic carbocycles. The van der Waals surface area contributed by atoms with Gasteiger partial charge in [0.2, 0.25) is 5.91 Å². The molecule has 0 saturated carbocycles. The lowest BCUT2D eigenvalue weighted by atomic mass is 10.2. The number of amides is 1. The molecular weight excluding hydrogens is 278 g/mol. The van der Waals surface area contributed by atoms with E-state index in [2.05, 4.69) is 10.2 Å². The zero-order valence-corrected chi connectivity index (χ0v) is 11.9. The first-order valence-corrected chi connectivity index (χ1v) is 6.76. The molecule has 0 radical (unpaired) electrons. The number of rotatable bonds is 4. The molecule has 0 fully saturated rings. The van der Waals surface area contributed by atoms with E-state index >= 15 is 0 Å². The molecule has 0 aliphatic rings. The van der Waals surface area contributed by atoms with Crippen LogP contribution in [0, 0.1) is 0 Å². The van der Waals surface area contributed by atoms with Crippen LogP contribution in [-0.2, 0) is 0 Å². The van der Waals surface area contributed by atoms with E-state index < -0.39 is 5.91 Å². The highest BCUT2D eigenvalue weighted by Crippen LogP contribution is 2.31. The van der Waals surface area contributed by atoms with E-state index in [1.807, 2.05) is 13.8 Å². The maximum atomic E-state index is 11.7. The van der Waals surface area contributed by atoms with E-state index in [9.17, 15) is 9.59 Å². The average molecular weight is 293 g/mol. The Kier molecular flexibility index (Phi) is 3.84.